The topological polar surface area (TPSA) is 117 Å². The van der Waals surface area contributed by atoms with Crippen LogP contribution in [0.2, 0.25) is 0 Å². The second-order valence-corrected chi connectivity index (χ2v) is 9.19. The van der Waals surface area contributed by atoms with Crippen molar-refractivity contribution in [1.82, 2.24) is 4.90 Å². The molecule has 2 heterocycles. The number of aliphatic carboxylic acids is 2. The summed E-state index contributed by atoms with van der Waals surface area (Å²) in [4.78, 5) is 33.9. The van der Waals surface area contributed by atoms with Crippen molar-refractivity contribution in [2.75, 3.05) is 13.6 Å². The lowest BCUT2D eigenvalue weighted by molar-refractivity contribution is -0.145. The Morgan fingerprint density at radius 2 is 1.90 bits per heavy atom. The van der Waals surface area contributed by atoms with Gasteiger partial charge in [-0.3, -0.25) is 4.79 Å². The summed E-state index contributed by atoms with van der Waals surface area (Å²) in [5.74, 6) is -2.28. The Hall–Kier alpha value is -2.19. The van der Waals surface area contributed by atoms with Crippen LogP contribution in [-0.2, 0) is 23.9 Å². The number of hydrogen-bond donors (Lipinski definition) is 2. The number of carbonyl (C=O) groups excluding carboxylic acids is 1. The fourth-order valence-corrected chi connectivity index (χ4v) is 4.21. The van der Waals surface area contributed by atoms with Crippen molar-refractivity contribution in [3.63, 3.8) is 0 Å². The Balaban J connectivity index is 0.000000366. The Labute approximate surface area is 183 Å². The number of carboxylic acid groups (broad SMARTS) is 2. The predicted octanol–water partition coefficient (Wildman–Crippen LogP) is 2.87. The van der Waals surface area contributed by atoms with Crippen LogP contribution in [0.5, 0.6) is 0 Å². The molecule has 8 heteroatoms. The minimum absolute atomic E-state index is 0.0203. The third-order valence-electron chi connectivity index (χ3n) is 6.47. The summed E-state index contributed by atoms with van der Waals surface area (Å²) in [5.41, 5.74) is 1.33. The van der Waals surface area contributed by atoms with E-state index in [9.17, 15) is 14.4 Å². The van der Waals surface area contributed by atoms with Crippen molar-refractivity contribution in [3.05, 3.63) is 23.8 Å². The summed E-state index contributed by atoms with van der Waals surface area (Å²) in [6, 6.07) is 0.436. The van der Waals surface area contributed by atoms with E-state index in [2.05, 4.69) is 45.7 Å². The molecule has 2 fully saturated rings. The third-order valence-corrected chi connectivity index (χ3v) is 6.47. The Kier molecular flexibility index (Phi) is 8.42. The molecular formula is C23H35NO7. The average Bonchev–Trinajstić information content (AvgIpc) is 3.25. The average molecular weight is 438 g/mol. The van der Waals surface area contributed by atoms with Crippen LogP contribution in [0.3, 0.4) is 0 Å². The molecule has 0 spiro atoms. The second-order valence-electron chi connectivity index (χ2n) is 9.19. The predicted molar refractivity (Wildman–Crippen MR) is 115 cm³/mol. The van der Waals surface area contributed by atoms with Gasteiger partial charge in [-0.05, 0) is 60.4 Å². The van der Waals surface area contributed by atoms with E-state index in [0.717, 1.165) is 32.2 Å². The molecule has 2 N–H and O–H groups in total. The van der Waals surface area contributed by atoms with E-state index in [0.29, 0.717) is 18.2 Å². The fraction of sp³-hybridized carbons (Fsp3) is 0.696. The maximum atomic E-state index is 12.5. The molecule has 0 aromatic rings. The number of hydrogen-bond acceptors (Lipinski definition) is 6. The van der Waals surface area contributed by atoms with Gasteiger partial charge in [0.05, 0.1) is 11.5 Å². The molecule has 0 radical (unpaired) electrons. The van der Waals surface area contributed by atoms with Crippen molar-refractivity contribution in [2.24, 2.45) is 11.8 Å². The van der Waals surface area contributed by atoms with E-state index in [1.165, 1.54) is 5.57 Å². The summed E-state index contributed by atoms with van der Waals surface area (Å²) in [7, 11) is 2.09. The van der Waals surface area contributed by atoms with Crippen LogP contribution in [0.4, 0.5) is 0 Å². The molecule has 0 unspecified atom stereocenters. The van der Waals surface area contributed by atoms with Gasteiger partial charge in [-0.2, -0.15) is 0 Å². The maximum Gasteiger partial charge on any atom is 0.328 e. The molecule has 0 aromatic heterocycles. The van der Waals surface area contributed by atoms with Crippen molar-refractivity contribution < 1.29 is 34.1 Å². The minimum atomic E-state index is -1.26. The molecule has 2 saturated heterocycles. The van der Waals surface area contributed by atoms with Crippen molar-refractivity contribution in [1.29, 1.82) is 0 Å². The molecular weight excluding hydrogens is 402 g/mol. The molecule has 8 nitrogen and oxygen atoms in total. The minimum Gasteiger partial charge on any atom is -0.478 e. The van der Waals surface area contributed by atoms with Crippen LogP contribution in [0.15, 0.2) is 23.8 Å². The first kappa shape index (κ1) is 25.1. The quantitative estimate of drug-likeness (QED) is 0.292. The Morgan fingerprint density at radius 1 is 1.29 bits per heavy atom. The molecule has 3 rings (SSSR count). The Bertz CT molecular complexity index is 728. The zero-order valence-corrected chi connectivity index (χ0v) is 19.0. The third kappa shape index (κ3) is 6.90. The standard InChI is InChI=1S/C19H31NO3.C4H4O4/c1-12(2)20(5)11-15-14-9-8-13(3)7-6-10-19(4)17(23-19)16(14)22-18(15)21;5-3(6)1-2-4(7)8/h7,12,14-17H,6,8-11H2,1-5H3;1-2H,(H,5,6)(H,7,8)/b;2-1+/t14-,15-,16-,17-,19+;/m0./s1. The molecule has 5 atom stereocenters. The van der Waals surface area contributed by atoms with Gasteiger partial charge in [0.2, 0.25) is 0 Å². The van der Waals surface area contributed by atoms with E-state index in [-0.39, 0.29) is 35.6 Å². The zero-order valence-electron chi connectivity index (χ0n) is 19.0. The summed E-state index contributed by atoms with van der Waals surface area (Å²) in [6.07, 6.45) is 7.66. The largest absolute Gasteiger partial charge is 0.478 e. The van der Waals surface area contributed by atoms with Gasteiger partial charge in [-0.15, -0.1) is 0 Å². The molecule has 31 heavy (non-hydrogen) atoms. The molecule has 0 bridgehead atoms. The van der Waals surface area contributed by atoms with E-state index in [4.69, 9.17) is 19.7 Å². The van der Waals surface area contributed by atoms with Crippen molar-refractivity contribution in [2.45, 2.75) is 77.2 Å². The van der Waals surface area contributed by atoms with Crippen LogP contribution in [0.25, 0.3) is 0 Å². The monoisotopic (exact) mass is 437 g/mol. The first-order valence-corrected chi connectivity index (χ1v) is 10.8. The van der Waals surface area contributed by atoms with Gasteiger partial charge in [0.25, 0.3) is 0 Å². The summed E-state index contributed by atoms with van der Waals surface area (Å²) in [5, 5.41) is 15.6. The van der Waals surface area contributed by atoms with E-state index < -0.39 is 11.9 Å². The number of carboxylic acids is 2. The molecule has 0 aromatic carbocycles. The molecule has 0 saturated carbocycles. The first-order chi connectivity index (χ1) is 14.4. The van der Waals surface area contributed by atoms with Crippen molar-refractivity contribution in [3.8, 4) is 0 Å². The van der Waals surface area contributed by atoms with E-state index in [1.54, 1.807) is 0 Å². The van der Waals surface area contributed by atoms with Crippen LogP contribution in [0.1, 0.15) is 53.4 Å². The lowest BCUT2D eigenvalue weighted by Gasteiger charge is -2.27. The van der Waals surface area contributed by atoms with Gasteiger partial charge in [-0.1, -0.05) is 11.6 Å². The van der Waals surface area contributed by atoms with Crippen LogP contribution < -0.4 is 0 Å². The number of allylic oxidation sites excluding steroid dienone is 2. The molecule has 0 amide bonds. The summed E-state index contributed by atoms with van der Waals surface area (Å²) in [6.45, 7) is 9.49. The molecule has 2 aliphatic heterocycles. The van der Waals surface area contributed by atoms with Gasteiger partial charge in [0.15, 0.2) is 0 Å². The van der Waals surface area contributed by atoms with Crippen LogP contribution in [0, 0.1) is 11.8 Å². The van der Waals surface area contributed by atoms with Gasteiger partial charge >= 0.3 is 17.9 Å². The van der Waals surface area contributed by atoms with Crippen molar-refractivity contribution >= 4 is 17.9 Å². The highest BCUT2D eigenvalue weighted by Gasteiger charge is 2.62. The van der Waals surface area contributed by atoms with Gasteiger partial charge in [0, 0.05) is 30.7 Å². The highest BCUT2D eigenvalue weighted by atomic mass is 16.6. The number of carbonyl (C=O) groups is 3. The SMILES string of the molecule is CC1=CCC[C@@]2(C)O[C@H]2[C@H]2OC(=O)[C@@H](CN(C)C(C)C)[C@@H]2CC1.O=C(O)/C=C/C(=O)O. The smallest absolute Gasteiger partial charge is 0.328 e. The van der Waals surface area contributed by atoms with Gasteiger partial charge in [-0.25, -0.2) is 9.59 Å². The van der Waals surface area contributed by atoms with E-state index >= 15 is 0 Å². The fourth-order valence-electron chi connectivity index (χ4n) is 4.21. The highest BCUT2D eigenvalue weighted by molar-refractivity contribution is 5.89. The molecule has 1 aliphatic carbocycles. The van der Waals surface area contributed by atoms with Gasteiger partial charge in [0.1, 0.15) is 12.2 Å². The van der Waals surface area contributed by atoms with E-state index in [1.807, 2.05) is 0 Å². The molecule has 174 valence electrons. The number of epoxide rings is 1. The lowest BCUT2D eigenvalue weighted by atomic mass is 9.80. The second kappa shape index (κ2) is 10.4. The molecule has 3 aliphatic rings. The highest BCUT2D eigenvalue weighted by Crippen LogP contribution is 2.50. The zero-order chi connectivity index (χ0) is 23.3. The Morgan fingerprint density at radius 3 is 2.45 bits per heavy atom. The summed E-state index contributed by atoms with van der Waals surface area (Å²) < 4.78 is 11.8. The lowest BCUT2D eigenvalue weighted by Crippen LogP contribution is -2.37. The number of ether oxygens (including phenoxy) is 2. The number of nitrogens with zero attached hydrogens (tertiary/aromatic N) is 1. The number of fused-ring (bicyclic) bond motifs is 3. The van der Waals surface area contributed by atoms with Crippen LogP contribution >= 0.6 is 0 Å². The van der Waals surface area contributed by atoms with Gasteiger partial charge < -0.3 is 24.6 Å². The summed E-state index contributed by atoms with van der Waals surface area (Å²) >= 11 is 0. The van der Waals surface area contributed by atoms with Crippen LogP contribution in [-0.4, -0.2) is 70.5 Å². The number of esters is 1. The number of rotatable bonds is 5. The first-order valence-electron chi connectivity index (χ1n) is 10.8. The maximum absolute atomic E-state index is 12.5. The normalized spacial score (nSPS) is 32.5.